The molecule has 1 aromatic heterocycles. The van der Waals surface area contributed by atoms with E-state index in [0.29, 0.717) is 6.42 Å². The van der Waals surface area contributed by atoms with Gasteiger partial charge in [0.1, 0.15) is 11.6 Å². The minimum absolute atomic E-state index is 0.0609. The van der Waals surface area contributed by atoms with Gasteiger partial charge in [-0.2, -0.15) is 0 Å². The van der Waals surface area contributed by atoms with Crippen LogP contribution in [0.15, 0.2) is 30.5 Å². The van der Waals surface area contributed by atoms with E-state index in [-0.39, 0.29) is 17.9 Å². The standard InChI is InChI=1S/C21H29N3O5S/c1-21(2,3)29-20(26)23-17(19(25)22-15-9-10-30(27,28)13-15)11-14-12-24(4)18-8-6-5-7-16(14)18/h5-8,12,15,17H,9-11,13H2,1-4H3,(H,22,25)(H,23,26)/t15-,17-/m0/s1. The molecule has 0 radical (unpaired) electrons. The van der Waals surface area contributed by atoms with E-state index in [2.05, 4.69) is 10.6 Å². The average Bonchev–Trinajstić information content (AvgIpc) is 3.12. The monoisotopic (exact) mass is 435 g/mol. The van der Waals surface area contributed by atoms with Crippen LogP contribution in [-0.4, -0.2) is 54.2 Å². The zero-order valence-electron chi connectivity index (χ0n) is 17.8. The van der Waals surface area contributed by atoms with Crippen LogP contribution in [0.2, 0.25) is 0 Å². The maximum Gasteiger partial charge on any atom is 0.408 e. The van der Waals surface area contributed by atoms with Crippen LogP contribution in [0.3, 0.4) is 0 Å². The van der Waals surface area contributed by atoms with Crippen molar-refractivity contribution in [3.63, 3.8) is 0 Å². The molecular formula is C21H29N3O5S. The molecule has 2 atom stereocenters. The van der Waals surface area contributed by atoms with Crippen molar-refractivity contribution in [2.45, 2.75) is 51.3 Å². The first-order chi connectivity index (χ1) is 13.9. The number of rotatable bonds is 5. The fourth-order valence-electron chi connectivity index (χ4n) is 3.68. The molecule has 8 nitrogen and oxygen atoms in total. The molecule has 1 fully saturated rings. The first-order valence-corrected chi connectivity index (χ1v) is 11.8. The zero-order valence-corrected chi connectivity index (χ0v) is 18.6. The quantitative estimate of drug-likeness (QED) is 0.746. The van der Waals surface area contributed by atoms with Crippen LogP contribution in [0.4, 0.5) is 4.79 Å². The van der Waals surface area contributed by atoms with Gasteiger partial charge in [0, 0.05) is 36.6 Å². The Hall–Kier alpha value is -2.55. The fraction of sp³-hybridized carbons (Fsp3) is 0.524. The van der Waals surface area contributed by atoms with Crippen LogP contribution < -0.4 is 10.6 Å². The first kappa shape index (κ1) is 22.1. The summed E-state index contributed by atoms with van der Waals surface area (Å²) in [5, 5.41) is 6.43. The van der Waals surface area contributed by atoms with Gasteiger partial charge in [-0.15, -0.1) is 0 Å². The minimum atomic E-state index is -3.13. The van der Waals surface area contributed by atoms with Crippen LogP contribution >= 0.6 is 0 Å². The van der Waals surface area contributed by atoms with E-state index in [9.17, 15) is 18.0 Å². The Balaban J connectivity index is 1.81. The van der Waals surface area contributed by atoms with Crippen LogP contribution in [0, 0.1) is 0 Å². The van der Waals surface area contributed by atoms with Crippen molar-refractivity contribution in [3.05, 3.63) is 36.0 Å². The molecule has 164 valence electrons. The number of ether oxygens (including phenoxy) is 1. The summed E-state index contributed by atoms with van der Waals surface area (Å²) in [6, 6.07) is 6.48. The van der Waals surface area contributed by atoms with E-state index < -0.39 is 39.5 Å². The van der Waals surface area contributed by atoms with Gasteiger partial charge in [-0.25, -0.2) is 13.2 Å². The summed E-state index contributed by atoms with van der Waals surface area (Å²) < 4.78 is 30.7. The highest BCUT2D eigenvalue weighted by Gasteiger charge is 2.32. The third-order valence-corrected chi connectivity index (χ3v) is 6.76. The Labute approximate surface area is 176 Å². The number of carbonyl (C=O) groups is 2. The summed E-state index contributed by atoms with van der Waals surface area (Å²) in [6.07, 6.45) is 1.87. The topological polar surface area (TPSA) is 106 Å². The smallest absolute Gasteiger partial charge is 0.408 e. The molecule has 2 heterocycles. The molecule has 1 aliphatic rings. The number of carbonyl (C=O) groups excluding carboxylic acids is 2. The van der Waals surface area contributed by atoms with Crippen molar-refractivity contribution in [3.8, 4) is 0 Å². The lowest BCUT2D eigenvalue weighted by molar-refractivity contribution is -0.123. The van der Waals surface area contributed by atoms with E-state index in [4.69, 9.17) is 4.74 Å². The molecule has 9 heteroatoms. The zero-order chi connectivity index (χ0) is 22.1. The predicted molar refractivity (Wildman–Crippen MR) is 115 cm³/mol. The molecule has 30 heavy (non-hydrogen) atoms. The number of alkyl carbamates (subject to hydrolysis) is 1. The number of hydrogen-bond donors (Lipinski definition) is 2. The van der Waals surface area contributed by atoms with E-state index >= 15 is 0 Å². The highest BCUT2D eigenvalue weighted by molar-refractivity contribution is 7.91. The number of fused-ring (bicyclic) bond motifs is 1. The largest absolute Gasteiger partial charge is 0.444 e. The van der Waals surface area contributed by atoms with Crippen molar-refractivity contribution >= 4 is 32.7 Å². The van der Waals surface area contributed by atoms with Crippen molar-refractivity contribution in [1.82, 2.24) is 15.2 Å². The summed E-state index contributed by atoms with van der Waals surface area (Å²) in [4.78, 5) is 25.3. The molecule has 2 amide bonds. The number of amides is 2. The Morgan fingerprint density at radius 3 is 2.60 bits per heavy atom. The molecule has 0 saturated carbocycles. The molecule has 3 rings (SSSR count). The number of aromatic nitrogens is 1. The van der Waals surface area contributed by atoms with E-state index in [1.54, 1.807) is 20.8 Å². The first-order valence-electron chi connectivity index (χ1n) is 9.97. The molecule has 0 bridgehead atoms. The second-order valence-corrected chi connectivity index (χ2v) is 11.0. The number of benzene rings is 1. The molecule has 0 spiro atoms. The van der Waals surface area contributed by atoms with Crippen molar-refractivity contribution < 1.29 is 22.7 Å². The van der Waals surface area contributed by atoms with Gasteiger partial charge in [0.25, 0.3) is 0 Å². The molecule has 1 aromatic carbocycles. The van der Waals surface area contributed by atoms with Gasteiger partial charge in [0.15, 0.2) is 9.84 Å². The van der Waals surface area contributed by atoms with Gasteiger partial charge < -0.3 is 19.9 Å². The Bertz CT molecular complexity index is 1050. The second kappa shape index (κ2) is 8.29. The summed E-state index contributed by atoms with van der Waals surface area (Å²) in [6.45, 7) is 5.24. The third kappa shape index (κ3) is 5.53. The SMILES string of the molecule is Cn1cc(C[C@H](NC(=O)OC(C)(C)C)C(=O)N[C@H]2CCS(=O)(=O)C2)c2ccccc21. The van der Waals surface area contributed by atoms with Gasteiger partial charge in [0.2, 0.25) is 5.91 Å². The summed E-state index contributed by atoms with van der Waals surface area (Å²) in [5.41, 5.74) is 1.22. The van der Waals surface area contributed by atoms with Gasteiger partial charge >= 0.3 is 6.09 Å². The molecule has 2 N–H and O–H groups in total. The van der Waals surface area contributed by atoms with Crippen LogP contribution in [-0.2, 0) is 32.8 Å². The highest BCUT2D eigenvalue weighted by atomic mass is 32.2. The van der Waals surface area contributed by atoms with Gasteiger partial charge in [-0.05, 0) is 38.8 Å². The lowest BCUT2D eigenvalue weighted by Gasteiger charge is -2.24. The summed E-state index contributed by atoms with van der Waals surface area (Å²) >= 11 is 0. The number of sulfone groups is 1. The number of nitrogens with one attached hydrogen (secondary N) is 2. The van der Waals surface area contributed by atoms with Crippen molar-refractivity contribution in [2.75, 3.05) is 11.5 Å². The number of aryl methyl sites for hydroxylation is 1. The van der Waals surface area contributed by atoms with Crippen LogP contribution in [0.5, 0.6) is 0 Å². The van der Waals surface area contributed by atoms with E-state index in [0.717, 1.165) is 16.5 Å². The van der Waals surface area contributed by atoms with Gasteiger partial charge in [-0.3, -0.25) is 4.79 Å². The lowest BCUT2D eigenvalue weighted by Crippen LogP contribution is -2.51. The Kier molecular flexibility index (Phi) is 6.12. The van der Waals surface area contributed by atoms with E-state index in [1.807, 2.05) is 42.1 Å². The number of para-hydroxylation sites is 1. The number of hydrogen-bond acceptors (Lipinski definition) is 5. The molecule has 1 saturated heterocycles. The fourth-order valence-corrected chi connectivity index (χ4v) is 5.35. The normalized spacial score (nSPS) is 19.4. The summed E-state index contributed by atoms with van der Waals surface area (Å²) in [7, 11) is -1.21. The number of nitrogens with zero attached hydrogens (tertiary/aromatic N) is 1. The van der Waals surface area contributed by atoms with Crippen LogP contribution in [0.1, 0.15) is 32.8 Å². The Morgan fingerprint density at radius 1 is 1.27 bits per heavy atom. The molecule has 2 aromatic rings. The molecule has 0 aliphatic carbocycles. The third-order valence-electron chi connectivity index (χ3n) is 4.99. The van der Waals surface area contributed by atoms with Gasteiger partial charge in [-0.1, -0.05) is 18.2 Å². The molecule has 0 unspecified atom stereocenters. The molecular weight excluding hydrogens is 406 g/mol. The minimum Gasteiger partial charge on any atom is -0.444 e. The second-order valence-electron chi connectivity index (χ2n) is 8.79. The average molecular weight is 436 g/mol. The van der Waals surface area contributed by atoms with E-state index in [1.165, 1.54) is 0 Å². The maximum atomic E-state index is 13.0. The molecule has 1 aliphatic heterocycles. The lowest BCUT2D eigenvalue weighted by atomic mass is 10.0. The predicted octanol–water partition coefficient (Wildman–Crippen LogP) is 1.92. The van der Waals surface area contributed by atoms with Gasteiger partial charge in [0.05, 0.1) is 11.5 Å². The summed E-state index contributed by atoms with van der Waals surface area (Å²) in [5.74, 6) is -0.437. The highest BCUT2D eigenvalue weighted by Crippen LogP contribution is 2.22. The Morgan fingerprint density at radius 2 is 1.97 bits per heavy atom. The van der Waals surface area contributed by atoms with Crippen molar-refractivity contribution in [2.24, 2.45) is 7.05 Å². The maximum absolute atomic E-state index is 13.0. The van der Waals surface area contributed by atoms with Crippen LogP contribution in [0.25, 0.3) is 10.9 Å². The van der Waals surface area contributed by atoms with Crippen molar-refractivity contribution in [1.29, 1.82) is 0 Å².